The van der Waals surface area contributed by atoms with Crippen LogP contribution in [-0.4, -0.2) is 32.8 Å². The molecule has 0 atom stereocenters. The summed E-state index contributed by atoms with van der Waals surface area (Å²) in [5.74, 6) is 0.994. The van der Waals surface area contributed by atoms with Gasteiger partial charge in [0, 0.05) is 35.1 Å². The average molecular weight is 420 g/mol. The minimum atomic E-state index is -0.324. The van der Waals surface area contributed by atoms with E-state index in [1.54, 1.807) is 49.8 Å². The molecular formula is C22H18ClN5O2. The van der Waals surface area contributed by atoms with E-state index in [0.717, 1.165) is 5.56 Å². The molecule has 0 unspecified atom stereocenters. The Balaban J connectivity index is 1.68. The SMILES string of the molecule is COc1cccc(C(=O)n2nc(-c3cccnc3)nc2NCc2ccc(Cl)cc2)c1. The van der Waals surface area contributed by atoms with Gasteiger partial charge in [0.1, 0.15) is 5.75 Å². The maximum Gasteiger partial charge on any atom is 0.281 e. The molecule has 7 nitrogen and oxygen atoms in total. The summed E-state index contributed by atoms with van der Waals surface area (Å²) in [7, 11) is 1.55. The van der Waals surface area contributed by atoms with Gasteiger partial charge in [0.05, 0.1) is 7.11 Å². The fraction of sp³-hybridized carbons (Fsp3) is 0.0909. The largest absolute Gasteiger partial charge is 0.497 e. The molecular weight excluding hydrogens is 402 g/mol. The second kappa shape index (κ2) is 8.75. The first-order valence-corrected chi connectivity index (χ1v) is 9.56. The molecule has 0 spiro atoms. The summed E-state index contributed by atoms with van der Waals surface area (Å²) < 4.78 is 6.49. The zero-order valence-corrected chi connectivity index (χ0v) is 16.9. The van der Waals surface area contributed by atoms with Crippen molar-refractivity contribution >= 4 is 23.5 Å². The monoisotopic (exact) mass is 419 g/mol. The maximum atomic E-state index is 13.2. The number of hydrogen-bond donors (Lipinski definition) is 1. The van der Waals surface area contributed by atoms with Crippen LogP contribution < -0.4 is 10.1 Å². The Kier molecular flexibility index (Phi) is 5.72. The Labute approximate surface area is 178 Å². The lowest BCUT2D eigenvalue weighted by atomic mass is 10.2. The zero-order valence-electron chi connectivity index (χ0n) is 16.1. The van der Waals surface area contributed by atoms with Gasteiger partial charge in [0.25, 0.3) is 5.91 Å². The van der Waals surface area contributed by atoms with Crippen LogP contribution in [0.3, 0.4) is 0 Å². The molecule has 2 heterocycles. The Morgan fingerprint density at radius 3 is 2.70 bits per heavy atom. The van der Waals surface area contributed by atoms with Gasteiger partial charge in [-0.15, -0.1) is 5.10 Å². The smallest absolute Gasteiger partial charge is 0.281 e. The van der Waals surface area contributed by atoms with Crippen molar-refractivity contribution in [1.29, 1.82) is 0 Å². The summed E-state index contributed by atoms with van der Waals surface area (Å²) in [6.07, 6.45) is 3.32. The summed E-state index contributed by atoms with van der Waals surface area (Å²) in [5.41, 5.74) is 2.14. The molecule has 0 aliphatic heterocycles. The number of anilines is 1. The molecule has 150 valence electrons. The highest BCUT2D eigenvalue weighted by Gasteiger charge is 2.19. The Morgan fingerprint density at radius 2 is 1.97 bits per heavy atom. The quantitative estimate of drug-likeness (QED) is 0.501. The summed E-state index contributed by atoms with van der Waals surface area (Å²) >= 11 is 5.95. The van der Waals surface area contributed by atoms with Gasteiger partial charge in [-0.1, -0.05) is 29.8 Å². The minimum Gasteiger partial charge on any atom is -0.497 e. The second-order valence-corrected chi connectivity index (χ2v) is 6.87. The molecule has 0 amide bonds. The number of halogens is 1. The van der Waals surface area contributed by atoms with Crippen molar-refractivity contribution in [1.82, 2.24) is 19.7 Å². The van der Waals surface area contributed by atoms with E-state index in [0.29, 0.717) is 40.2 Å². The third-order valence-electron chi connectivity index (χ3n) is 4.40. The molecule has 0 saturated carbocycles. The standard InChI is InChI=1S/C22H18ClN5O2/c1-30-19-6-2-4-16(12-19)21(29)28-22(25-13-15-7-9-18(23)10-8-15)26-20(27-28)17-5-3-11-24-14-17/h2-12,14H,13H2,1H3,(H,25,26,27). The van der Waals surface area contributed by atoms with Crippen LogP contribution in [0.2, 0.25) is 5.02 Å². The molecule has 4 aromatic rings. The molecule has 30 heavy (non-hydrogen) atoms. The third-order valence-corrected chi connectivity index (χ3v) is 4.65. The maximum absolute atomic E-state index is 13.2. The van der Waals surface area contributed by atoms with Crippen molar-refractivity contribution < 1.29 is 9.53 Å². The molecule has 0 aliphatic carbocycles. The van der Waals surface area contributed by atoms with Crippen LogP contribution >= 0.6 is 11.6 Å². The highest BCUT2D eigenvalue weighted by atomic mass is 35.5. The lowest BCUT2D eigenvalue weighted by molar-refractivity contribution is 0.0947. The molecule has 8 heteroatoms. The van der Waals surface area contributed by atoms with Crippen LogP contribution in [0, 0.1) is 0 Å². The van der Waals surface area contributed by atoms with Crippen molar-refractivity contribution in [2.45, 2.75) is 6.54 Å². The number of aromatic nitrogens is 4. The first-order valence-electron chi connectivity index (χ1n) is 9.18. The molecule has 1 N–H and O–H groups in total. The van der Waals surface area contributed by atoms with Gasteiger partial charge in [0.2, 0.25) is 5.95 Å². The molecule has 0 aliphatic rings. The Bertz CT molecular complexity index is 1160. The second-order valence-electron chi connectivity index (χ2n) is 6.43. The molecule has 2 aromatic heterocycles. The molecule has 0 bridgehead atoms. The van der Waals surface area contributed by atoms with E-state index < -0.39 is 0 Å². The lowest BCUT2D eigenvalue weighted by Crippen LogP contribution is -2.17. The number of pyridine rings is 1. The predicted octanol–water partition coefficient (Wildman–Crippen LogP) is 4.30. The summed E-state index contributed by atoms with van der Waals surface area (Å²) in [5, 5.41) is 8.28. The van der Waals surface area contributed by atoms with Crippen LogP contribution in [0.5, 0.6) is 5.75 Å². The van der Waals surface area contributed by atoms with E-state index in [1.807, 2.05) is 30.3 Å². The van der Waals surface area contributed by atoms with Crippen LogP contribution in [0.15, 0.2) is 73.1 Å². The number of methoxy groups -OCH3 is 1. The topological polar surface area (TPSA) is 81.9 Å². The van der Waals surface area contributed by atoms with Gasteiger partial charge < -0.3 is 10.1 Å². The molecule has 0 saturated heterocycles. The number of nitrogens with zero attached hydrogens (tertiary/aromatic N) is 4. The number of carbonyl (C=O) groups is 1. The van der Waals surface area contributed by atoms with Crippen molar-refractivity contribution in [2.75, 3.05) is 12.4 Å². The van der Waals surface area contributed by atoms with Gasteiger partial charge in [-0.05, 0) is 48.0 Å². The Hall–Kier alpha value is -3.71. The summed E-state index contributed by atoms with van der Waals surface area (Å²) in [4.78, 5) is 21.8. The van der Waals surface area contributed by atoms with Gasteiger partial charge in [-0.2, -0.15) is 9.67 Å². The van der Waals surface area contributed by atoms with Crippen LogP contribution in [0.25, 0.3) is 11.4 Å². The van der Waals surface area contributed by atoms with E-state index in [9.17, 15) is 4.79 Å². The predicted molar refractivity (Wildman–Crippen MR) is 115 cm³/mol. The van der Waals surface area contributed by atoms with Crippen LogP contribution in [0.4, 0.5) is 5.95 Å². The van der Waals surface area contributed by atoms with Gasteiger partial charge in [0.15, 0.2) is 5.82 Å². The first kappa shape index (κ1) is 19.6. The van der Waals surface area contributed by atoms with E-state index in [1.165, 1.54) is 4.68 Å². The third kappa shape index (κ3) is 4.31. The van der Waals surface area contributed by atoms with Gasteiger partial charge in [-0.3, -0.25) is 9.78 Å². The number of benzene rings is 2. The van der Waals surface area contributed by atoms with Gasteiger partial charge >= 0.3 is 0 Å². The summed E-state index contributed by atoms with van der Waals surface area (Å²) in [6.45, 7) is 0.452. The van der Waals surface area contributed by atoms with E-state index in [-0.39, 0.29) is 5.91 Å². The first-order chi connectivity index (χ1) is 14.6. The minimum absolute atomic E-state index is 0.324. The number of nitrogens with one attached hydrogen (secondary N) is 1. The van der Waals surface area contributed by atoms with Crippen molar-refractivity contribution in [3.05, 3.63) is 89.2 Å². The average Bonchev–Trinajstić information content (AvgIpc) is 3.23. The van der Waals surface area contributed by atoms with Gasteiger partial charge in [-0.25, -0.2) is 0 Å². The zero-order chi connectivity index (χ0) is 20.9. The van der Waals surface area contributed by atoms with Crippen molar-refractivity contribution in [3.8, 4) is 17.1 Å². The fourth-order valence-corrected chi connectivity index (χ4v) is 2.97. The highest BCUT2D eigenvalue weighted by molar-refractivity contribution is 6.30. The van der Waals surface area contributed by atoms with E-state index in [4.69, 9.17) is 16.3 Å². The van der Waals surface area contributed by atoms with Crippen LogP contribution in [0.1, 0.15) is 15.9 Å². The molecule has 2 aromatic carbocycles. The van der Waals surface area contributed by atoms with Crippen LogP contribution in [-0.2, 0) is 6.54 Å². The van der Waals surface area contributed by atoms with E-state index >= 15 is 0 Å². The highest BCUT2D eigenvalue weighted by Crippen LogP contribution is 2.20. The number of ether oxygens (including phenoxy) is 1. The molecule has 4 rings (SSSR count). The Morgan fingerprint density at radius 1 is 1.13 bits per heavy atom. The number of hydrogen-bond acceptors (Lipinski definition) is 6. The number of rotatable bonds is 6. The number of carbonyl (C=O) groups excluding carboxylic acids is 1. The molecule has 0 fully saturated rings. The normalized spacial score (nSPS) is 10.6. The van der Waals surface area contributed by atoms with Crippen molar-refractivity contribution in [3.63, 3.8) is 0 Å². The summed E-state index contributed by atoms with van der Waals surface area (Å²) in [6, 6.07) is 18.0. The van der Waals surface area contributed by atoms with E-state index in [2.05, 4.69) is 20.4 Å². The fourth-order valence-electron chi connectivity index (χ4n) is 2.85. The molecule has 0 radical (unpaired) electrons. The van der Waals surface area contributed by atoms with Crippen molar-refractivity contribution in [2.24, 2.45) is 0 Å². The lowest BCUT2D eigenvalue weighted by Gasteiger charge is -2.08.